The Morgan fingerprint density at radius 3 is 2.78 bits per heavy atom. The molecule has 5 heteroatoms. The van der Waals surface area contributed by atoms with Gasteiger partial charge in [-0.25, -0.2) is 4.98 Å². The number of aromatic nitrogens is 1. The van der Waals surface area contributed by atoms with Crippen LogP contribution >= 0.6 is 11.6 Å². The Kier molecular flexibility index (Phi) is 2.90. The second-order valence-electron chi connectivity index (χ2n) is 5.23. The van der Waals surface area contributed by atoms with Gasteiger partial charge in [0.05, 0.1) is 17.4 Å². The summed E-state index contributed by atoms with van der Waals surface area (Å²) in [5.41, 5.74) is 6.72. The molecule has 0 atom stereocenters. The first-order valence-corrected chi connectivity index (χ1v) is 6.75. The Morgan fingerprint density at radius 1 is 1.44 bits per heavy atom. The van der Waals surface area contributed by atoms with E-state index in [2.05, 4.69) is 4.98 Å². The average molecular weight is 266 g/mol. The number of amides is 1. The average Bonchev–Trinajstić information content (AvgIpc) is 3.21. The molecule has 1 aromatic rings. The largest absolute Gasteiger partial charge is 0.397 e. The number of pyridine rings is 1. The van der Waals surface area contributed by atoms with E-state index in [0.29, 0.717) is 28.4 Å². The number of nitrogens with zero attached hydrogens (tertiary/aromatic N) is 2. The number of carbonyl (C=O) groups excluding carboxylic acids is 1. The summed E-state index contributed by atoms with van der Waals surface area (Å²) < 4.78 is 0. The molecule has 18 heavy (non-hydrogen) atoms. The first-order valence-electron chi connectivity index (χ1n) is 6.37. The van der Waals surface area contributed by atoms with Crippen molar-refractivity contribution >= 4 is 23.2 Å². The van der Waals surface area contributed by atoms with Crippen LogP contribution < -0.4 is 5.73 Å². The van der Waals surface area contributed by atoms with Crippen LogP contribution in [0.5, 0.6) is 0 Å². The lowest BCUT2D eigenvalue weighted by Gasteiger charge is -2.23. The van der Waals surface area contributed by atoms with E-state index in [1.165, 1.54) is 19.0 Å². The van der Waals surface area contributed by atoms with Gasteiger partial charge in [-0.15, -0.1) is 0 Å². The van der Waals surface area contributed by atoms with Crippen LogP contribution in [-0.4, -0.2) is 28.4 Å². The van der Waals surface area contributed by atoms with Gasteiger partial charge in [0.1, 0.15) is 5.15 Å². The van der Waals surface area contributed by atoms with Crippen LogP contribution in [0.1, 0.15) is 36.0 Å². The molecular weight excluding hydrogens is 250 g/mol. The van der Waals surface area contributed by atoms with E-state index in [9.17, 15) is 4.79 Å². The Balaban J connectivity index is 1.83. The van der Waals surface area contributed by atoms with Gasteiger partial charge < -0.3 is 10.6 Å². The maximum absolute atomic E-state index is 12.5. The van der Waals surface area contributed by atoms with Crippen molar-refractivity contribution in [2.24, 2.45) is 5.92 Å². The van der Waals surface area contributed by atoms with Crippen molar-refractivity contribution in [2.45, 2.75) is 31.7 Å². The zero-order valence-electron chi connectivity index (χ0n) is 10.1. The van der Waals surface area contributed by atoms with Crippen molar-refractivity contribution in [1.82, 2.24) is 9.88 Å². The zero-order chi connectivity index (χ0) is 12.7. The van der Waals surface area contributed by atoms with Crippen LogP contribution in [0.3, 0.4) is 0 Å². The zero-order valence-corrected chi connectivity index (χ0v) is 10.9. The highest BCUT2D eigenvalue weighted by Gasteiger charge is 2.37. The van der Waals surface area contributed by atoms with Crippen LogP contribution in [0, 0.1) is 5.92 Å². The highest BCUT2D eigenvalue weighted by Crippen LogP contribution is 2.36. The normalized spacial score (nSPS) is 18.7. The van der Waals surface area contributed by atoms with Gasteiger partial charge in [-0.3, -0.25) is 4.79 Å². The smallest absolute Gasteiger partial charge is 0.256 e. The Labute approximate surface area is 111 Å². The lowest BCUT2D eigenvalue weighted by molar-refractivity contribution is 0.0736. The highest BCUT2D eigenvalue weighted by atomic mass is 35.5. The fraction of sp³-hybridized carbons (Fsp3) is 0.538. The summed E-state index contributed by atoms with van der Waals surface area (Å²) in [4.78, 5) is 18.4. The van der Waals surface area contributed by atoms with Crippen molar-refractivity contribution in [3.63, 3.8) is 0 Å². The molecule has 1 aromatic heterocycles. The predicted octanol–water partition coefficient (Wildman–Crippen LogP) is 2.33. The van der Waals surface area contributed by atoms with Gasteiger partial charge in [0, 0.05) is 12.6 Å². The number of hydrogen-bond donors (Lipinski definition) is 1. The molecule has 2 saturated carbocycles. The Morgan fingerprint density at radius 2 is 2.17 bits per heavy atom. The third kappa shape index (κ3) is 2.43. The highest BCUT2D eigenvalue weighted by molar-refractivity contribution is 6.29. The molecule has 2 N–H and O–H groups in total. The molecule has 0 aliphatic heterocycles. The van der Waals surface area contributed by atoms with Crippen LogP contribution in [0.25, 0.3) is 0 Å². The lowest BCUT2D eigenvalue weighted by atomic mass is 10.2. The van der Waals surface area contributed by atoms with Crippen LogP contribution in [-0.2, 0) is 0 Å². The Bertz CT molecular complexity index is 483. The summed E-state index contributed by atoms with van der Waals surface area (Å²) in [6, 6.07) is 1.98. The number of halogens is 1. The fourth-order valence-electron chi connectivity index (χ4n) is 2.14. The van der Waals surface area contributed by atoms with Gasteiger partial charge in [-0.1, -0.05) is 11.6 Å². The molecule has 3 rings (SSSR count). The van der Waals surface area contributed by atoms with E-state index in [4.69, 9.17) is 17.3 Å². The molecule has 0 unspecified atom stereocenters. The summed E-state index contributed by atoms with van der Waals surface area (Å²) in [7, 11) is 0. The van der Waals surface area contributed by atoms with Crippen LogP contribution in [0.4, 0.5) is 5.69 Å². The van der Waals surface area contributed by atoms with Gasteiger partial charge >= 0.3 is 0 Å². The van der Waals surface area contributed by atoms with Crippen LogP contribution in [0.2, 0.25) is 5.15 Å². The lowest BCUT2D eigenvalue weighted by Crippen LogP contribution is -2.35. The van der Waals surface area contributed by atoms with E-state index in [1.807, 2.05) is 4.90 Å². The molecule has 0 bridgehead atoms. The monoisotopic (exact) mass is 265 g/mol. The van der Waals surface area contributed by atoms with Crippen LogP contribution in [0.15, 0.2) is 12.3 Å². The summed E-state index contributed by atoms with van der Waals surface area (Å²) >= 11 is 5.84. The number of anilines is 1. The molecule has 4 nitrogen and oxygen atoms in total. The van der Waals surface area contributed by atoms with Gasteiger partial charge in [0.25, 0.3) is 5.91 Å². The minimum Gasteiger partial charge on any atom is -0.397 e. The molecule has 2 aliphatic rings. The van der Waals surface area contributed by atoms with Crippen molar-refractivity contribution < 1.29 is 4.79 Å². The third-order valence-electron chi connectivity index (χ3n) is 3.53. The number of nitrogen functional groups attached to an aromatic ring is 1. The van der Waals surface area contributed by atoms with E-state index in [0.717, 1.165) is 19.4 Å². The SMILES string of the molecule is Nc1cnc(Cl)cc1C(=O)N(CC1CC1)C1CC1. The first kappa shape index (κ1) is 11.8. The predicted molar refractivity (Wildman–Crippen MR) is 70.4 cm³/mol. The molecule has 1 heterocycles. The summed E-state index contributed by atoms with van der Waals surface area (Å²) in [5, 5.41) is 0.315. The molecule has 0 aromatic carbocycles. The number of rotatable bonds is 4. The molecule has 1 amide bonds. The maximum Gasteiger partial charge on any atom is 0.256 e. The van der Waals surface area contributed by atoms with Crippen molar-refractivity contribution in [2.75, 3.05) is 12.3 Å². The van der Waals surface area contributed by atoms with E-state index in [1.54, 1.807) is 6.07 Å². The molecule has 2 aliphatic carbocycles. The fourth-order valence-corrected chi connectivity index (χ4v) is 2.30. The minimum absolute atomic E-state index is 0.00574. The molecule has 0 saturated heterocycles. The molecular formula is C13H16ClN3O. The molecule has 0 spiro atoms. The summed E-state index contributed by atoms with van der Waals surface area (Å²) in [6.07, 6.45) is 6.15. The first-order chi connectivity index (χ1) is 8.65. The third-order valence-corrected chi connectivity index (χ3v) is 3.74. The van der Waals surface area contributed by atoms with Crippen molar-refractivity contribution in [3.05, 3.63) is 23.0 Å². The van der Waals surface area contributed by atoms with Gasteiger partial charge in [-0.05, 0) is 37.7 Å². The second-order valence-corrected chi connectivity index (χ2v) is 5.61. The number of carbonyl (C=O) groups is 1. The quantitative estimate of drug-likeness (QED) is 0.850. The van der Waals surface area contributed by atoms with Crippen molar-refractivity contribution in [1.29, 1.82) is 0 Å². The second kappa shape index (κ2) is 4.43. The van der Waals surface area contributed by atoms with Crippen molar-refractivity contribution in [3.8, 4) is 0 Å². The minimum atomic E-state index is 0.00574. The molecule has 96 valence electrons. The Hall–Kier alpha value is -1.29. The van der Waals surface area contributed by atoms with E-state index >= 15 is 0 Å². The van der Waals surface area contributed by atoms with Gasteiger partial charge in [0.2, 0.25) is 0 Å². The number of nitrogens with two attached hydrogens (primary N) is 1. The number of hydrogen-bond acceptors (Lipinski definition) is 3. The van der Waals surface area contributed by atoms with Gasteiger partial charge in [-0.2, -0.15) is 0 Å². The standard InChI is InChI=1S/C13H16ClN3O/c14-12-5-10(11(15)6-16-12)13(18)17(9-3-4-9)7-8-1-2-8/h5-6,8-9H,1-4,7,15H2. The summed E-state index contributed by atoms with van der Waals surface area (Å²) in [5.74, 6) is 0.694. The maximum atomic E-state index is 12.5. The molecule has 0 radical (unpaired) electrons. The topological polar surface area (TPSA) is 59.2 Å². The van der Waals surface area contributed by atoms with E-state index in [-0.39, 0.29) is 5.91 Å². The van der Waals surface area contributed by atoms with E-state index < -0.39 is 0 Å². The summed E-state index contributed by atoms with van der Waals surface area (Å²) in [6.45, 7) is 0.864. The molecule has 2 fully saturated rings. The van der Waals surface area contributed by atoms with Gasteiger partial charge in [0.15, 0.2) is 0 Å².